The van der Waals surface area contributed by atoms with Gasteiger partial charge >= 0.3 is 0 Å². The van der Waals surface area contributed by atoms with Crippen LogP contribution in [0.25, 0.3) is 0 Å². The summed E-state index contributed by atoms with van der Waals surface area (Å²) in [7, 11) is 0. The molecule has 0 bridgehead atoms. The molecule has 0 aliphatic rings. The van der Waals surface area contributed by atoms with Crippen molar-refractivity contribution < 1.29 is 0 Å². The zero-order valence-corrected chi connectivity index (χ0v) is 11.1. The SMILES string of the molecule is CCCC.CCc1ccc(C)cc1CC. The fraction of sp³-hybridized carbons (Fsp3) is 0.600. The van der Waals surface area contributed by atoms with E-state index in [2.05, 4.69) is 52.8 Å². The molecular weight excluding hydrogens is 180 g/mol. The van der Waals surface area contributed by atoms with E-state index in [1.165, 1.54) is 29.5 Å². The van der Waals surface area contributed by atoms with Crippen molar-refractivity contribution in [2.75, 3.05) is 0 Å². The molecular formula is C15H26. The molecule has 0 unspecified atom stereocenters. The molecule has 0 aliphatic carbocycles. The van der Waals surface area contributed by atoms with E-state index in [0.29, 0.717) is 0 Å². The Hall–Kier alpha value is -0.780. The van der Waals surface area contributed by atoms with E-state index in [9.17, 15) is 0 Å². The standard InChI is InChI=1S/C11H16.C4H10/c1-4-10-7-6-9(3)8-11(10)5-2;1-3-4-2/h6-8H,4-5H2,1-3H3;3-4H2,1-2H3. The molecule has 0 aliphatic heterocycles. The van der Waals surface area contributed by atoms with Gasteiger partial charge in [0.05, 0.1) is 0 Å². The lowest BCUT2D eigenvalue weighted by Gasteiger charge is -2.05. The summed E-state index contributed by atoms with van der Waals surface area (Å²) >= 11 is 0. The molecule has 0 saturated heterocycles. The summed E-state index contributed by atoms with van der Waals surface area (Å²) in [5.41, 5.74) is 4.38. The van der Waals surface area contributed by atoms with Crippen molar-refractivity contribution in [2.45, 2.75) is 60.3 Å². The Bertz CT molecular complexity index is 259. The Morgan fingerprint density at radius 2 is 1.33 bits per heavy atom. The smallest absolute Gasteiger partial charge is 0.0305 e. The van der Waals surface area contributed by atoms with Gasteiger partial charge in [-0.2, -0.15) is 0 Å². The van der Waals surface area contributed by atoms with Gasteiger partial charge < -0.3 is 0 Å². The Kier molecular flexibility index (Phi) is 8.08. The van der Waals surface area contributed by atoms with Gasteiger partial charge in [0.1, 0.15) is 0 Å². The average Bonchev–Trinajstić information content (AvgIpc) is 2.29. The number of hydrogen-bond acceptors (Lipinski definition) is 0. The monoisotopic (exact) mass is 206 g/mol. The van der Waals surface area contributed by atoms with Crippen LogP contribution in [0.4, 0.5) is 0 Å². The van der Waals surface area contributed by atoms with Crippen molar-refractivity contribution in [1.29, 1.82) is 0 Å². The molecule has 0 radical (unpaired) electrons. The molecule has 0 amide bonds. The maximum atomic E-state index is 2.29. The van der Waals surface area contributed by atoms with Gasteiger partial charge in [-0.3, -0.25) is 0 Å². The van der Waals surface area contributed by atoms with E-state index in [-0.39, 0.29) is 0 Å². The van der Waals surface area contributed by atoms with Crippen LogP contribution in [0.3, 0.4) is 0 Å². The van der Waals surface area contributed by atoms with Crippen LogP contribution in [0, 0.1) is 6.92 Å². The highest BCUT2D eigenvalue weighted by molar-refractivity contribution is 5.31. The van der Waals surface area contributed by atoms with Crippen LogP contribution in [0.2, 0.25) is 0 Å². The fourth-order valence-electron chi connectivity index (χ4n) is 1.43. The maximum Gasteiger partial charge on any atom is -0.0305 e. The predicted molar refractivity (Wildman–Crippen MR) is 70.5 cm³/mol. The lowest BCUT2D eigenvalue weighted by Crippen LogP contribution is -1.90. The summed E-state index contributed by atoms with van der Waals surface area (Å²) in [5, 5.41) is 0. The molecule has 0 fully saturated rings. The third-order valence-corrected chi connectivity index (χ3v) is 2.62. The number of rotatable bonds is 3. The maximum absolute atomic E-state index is 2.29. The first-order valence-electron chi connectivity index (χ1n) is 6.27. The van der Waals surface area contributed by atoms with E-state index in [4.69, 9.17) is 0 Å². The summed E-state index contributed by atoms with van der Waals surface area (Å²) in [6.45, 7) is 10.9. The van der Waals surface area contributed by atoms with E-state index < -0.39 is 0 Å². The van der Waals surface area contributed by atoms with Crippen molar-refractivity contribution in [1.82, 2.24) is 0 Å². The van der Waals surface area contributed by atoms with Crippen molar-refractivity contribution in [3.8, 4) is 0 Å². The normalized spacial score (nSPS) is 9.40. The lowest BCUT2D eigenvalue weighted by molar-refractivity contribution is 0.886. The van der Waals surface area contributed by atoms with Gasteiger partial charge in [-0.1, -0.05) is 64.3 Å². The second-order valence-electron chi connectivity index (χ2n) is 3.98. The van der Waals surface area contributed by atoms with Crippen LogP contribution < -0.4 is 0 Å². The van der Waals surface area contributed by atoms with Crippen LogP contribution in [0.1, 0.15) is 57.2 Å². The van der Waals surface area contributed by atoms with Crippen molar-refractivity contribution >= 4 is 0 Å². The quantitative estimate of drug-likeness (QED) is 0.658. The van der Waals surface area contributed by atoms with Crippen LogP contribution in [-0.2, 0) is 12.8 Å². The van der Waals surface area contributed by atoms with E-state index in [1.807, 2.05) is 0 Å². The molecule has 0 saturated carbocycles. The molecule has 0 spiro atoms. The second kappa shape index (κ2) is 8.52. The van der Waals surface area contributed by atoms with E-state index >= 15 is 0 Å². The van der Waals surface area contributed by atoms with Crippen LogP contribution in [0.5, 0.6) is 0 Å². The zero-order valence-electron chi connectivity index (χ0n) is 11.1. The molecule has 0 atom stereocenters. The summed E-state index contributed by atoms with van der Waals surface area (Å²) in [6, 6.07) is 6.73. The highest BCUT2D eigenvalue weighted by atomic mass is 14.0. The first kappa shape index (κ1) is 14.2. The lowest BCUT2D eigenvalue weighted by atomic mass is 10.0. The molecule has 15 heavy (non-hydrogen) atoms. The third-order valence-electron chi connectivity index (χ3n) is 2.62. The minimum atomic E-state index is 1.16. The van der Waals surface area contributed by atoms with E-state index in [0.717, 1.165) is 12.8 Å². The Balaban J connectivity index is 0.000000423. The van der Waals surface area contributed by atoms with Gasteiger partial charge in [-0.25, -0.2) is 0 Å². The molecule has 1 aromatic rings. The largest absolute Gasteiger partial charge is 0.0654 e. The summed E-state index contributed by atoms with van der Waals surface area (Å²) in [4.78, 5) is 0. The fourth-order valence-corrected chi connectivity index (χ4v) is 1.43. The second-order valence-corrected chi connectivity index (χ2v) is 3.98. The van der Waals surface area contributed by atoms with Crippen LogP contribution in [0.15, 0.2) is 18.2 Å². The number of aryl methyl sites for hydroxylation is 3. The topological polar surface area (TPSA) is 0 Å². The van der Waals surface area contributed by atoms with E-state index in [1.54, 1.807) is 0 Å². The Morgan fingerprint density at radius 1 is 0.800 bits per heavy atom. The molecule has 1 rings (SSSR count). The van der Waals surface area contributed by atoms with Gasteiger partial charge in [0.2, 0.25) is 0 Å². The van der Waals surface area contributed by atoms with Gasteiger partial charge in [0.15, 0.2) is 0 Å². The van der Waals surface area contributed by atoms with Gasteiger partial charge in [0, 0.05) is 0 Å². The number of unbranched alkanes of at least 4 members (excludes halogenated alkanes) is 1. The summed E-state index contributed by atoms with van der Waals surface area (Å²) < 4.78 is 0. The van der Waals surface area contributed by atoms with Gasteiger partial charge in [0.25, 0.3) is 0 Å². The molecule has 0 N–H and O–H groups in total. The minimum absolute atomic E-state index is 1.16. The molecule has 86 valence electrons. The Morgan fingerprint density at radius 3 is 1.73 bits per heavy atom. The number of hydrogen-bond donors (Lipinski definition) is 0. The predicted octanol–water partition coefficient (Wildman–Crippen LogP) is 4.93. The molecule has 1 aromatic carbocycles. The summed E-state index contributed by atoms with van der Waals surface area (Å²) in [5.74, 6) is 0. The molecule has 0 heterocycles. The van der Waals surface area contributed by atoms with Gasteiger partial charge in [-0.15, -0.1) is 0 Å². The molecule has 0 heteroatoms. The number of benzene rings is 1. The molecule has 0 aromatic heterocycles. The average molecular weight is 206 g/mol. The zero-order chi connectivity index (χ0) is 11.7. The van der Waals surface area contributed by atoms with Crippen LogP contribution >= 0.6 is 0 Å². The van der Waals surface area contributed by atoms with Crippen molar-refractivity contribution in [3.05, 3.63) is 34.9 Å². The molecule has 0 nitrogen and oxygen atoms in total. The summed E-state index contributed by atoms with van der Waals surface area (Å²) in [6.07, 6.45) is 4.95. The highest BCUT2D eigenvalue weighted by Crippen LogP contribution is 2.12. The van der Waals surface area contributed by atoms with Gasteiger partial charge in [-0.05, 0) is 30.9 Å². The van der Waals surface area contributed by atoms with Crippen molar-refractivity contribution in [3.63, 3.8) is 0 Å². The first-order valence-corrected chi connectivity index (χ1v) is 6.27. The Labute approximate surface area is 95.7 Å². The third kappa shape index (κ3) is 5.61. The first-order chi connectivity index (χ1) is 7.19. The highest BCUT2D eigenvalue weighted by Gasteiger charge is 1.96. The minimum Gasteiger partial charge on any atom is -0.0654 e. The van der Waals surface area contributed by atoms with Crippen LogP contribution in [-0.4, -0.2) is 0 Å². The van der Waals surface area contributed by atoms with Crippen molar-refractivity contribution in [2.24, 2.45) is 0 Å².